The number of rotatable bonds is 7. The Kier molecular flexibility index (Phi) is 6.69. The molecule has 2 amide bonds. The normalized spacial score (nSPS) is 10.4. The van der Waals surface area contributed by atoms with Crippen molar-refractivity contribution < 1.29 is 14.0 Å². The van der Waals surface area contributed by atoms with Gasteiger partial charge in [-0.05, 0) is 42.7 Å². The van der Waals surface area contributed by atoms with Gasteiger partial charge in [0.15, 0.2) is 0 Å². The molecule has 0 unspecified atom stereocenters. The lowest BCUT2D eigenvalue weighted by molar-refractivity contribution is -0.128. The number of carbonyl (C=O) groups excluding carboxylic acids is 2. The lowest BCUT2D eigenvalue weighted by Crippen LogP contribution is -2.38. The Bertz CT molecular complexity index is 729. The van der Waals surface area contributed by atoms with Crippen molar-refractivity contribution in [3.8, 4) is 0 Å². The third-order valence-corrected chi connectivity index (χ3v) is 4.09. The van der Waals surface area contributed by atoms with Crippen molar-refractivity contribution in [2.24, 2.45) is 0 Å². The second-order valence-electron chi connectivity index (χ2n) is 5.95. The van der Waals surface area contributed by atoms with Gasteiger partial charge in [-0.15, -0.1) is 0 Å². The molecular formula is C20H23FN2O2. The van der Waals surface area contributed by atoms with E-state index in [9.17, 15) is 14.0 Å². The van der Waals surface area contributed by atoms with Gasteiger partial charge in [-0.3, -0.25) is 9.59 Å². The maximum atomic E-state index is 12.9. The second-order valence-corrected chi connectivity index (χ2v) is 5.95. The lowest BCUT2D eigenvalue weighted by atomic mass is 10.1. The molecule has 0 atom stereocenters. The summed E-state index contributed by atoms with van der Waals surface area (Å²) < 4.78 is 12.9. The summed E-state index contributed by atoms with van der Waals surface area (Å²) in [6, 6.07) is 13.6. The molecule has 2 aromatic rings. The van der Waals surface area contributed by atoms with Crippen molar-refractivity contribution in [1.82, 2.24) is 10.2 Å². The van der Waals surface area contributed by atoms with Gasteiger partial charge >= 0.3 is 0 Å². The molecule has 2 aromatic carbocycles. The first-order chi connectivity index (χ1) is 12.0. The Morgan fingerprint density at radius 3 is 2.36 bits per heavy atom. The fraction of sp³-hybridized carbons (Fsp3) is 0.300. The summed E-state index contributed by atoms with van der Waals surface area (Å²) in [6.07, 6.45) is 0.644. The molecule has 0 spiro atoms. The van der Waals surface area contributed by atoms with E-state index in [-0.39, 0.29) is 17.6 Å². The van der Waals surface area contributed by atoms with Gasteiger partial charge < -0.3 is 10.2 Å². The maximum Gasteiger partial charge on any atom is 0.251 e. The third-order valence-electron chi connectivity index (χ3n) is 4.09. The standard InChI is InChI=1S/C20H23FN2O2/c1-15-5-3-4-6-19(15)20(25)22-12-14-23(16(2)24)13-11-17-7-9-18(21)10-8-17/h3-10H,11-14H2,1-2H3,(H,22,25). The average molecular weight is 342 g/mol. The van der Waals surface area contributed by atoms with Gasteiger partial charge in [-0.2, -0.15) is 0 Å². The van der Waals surface area contributed by atoms with Crippen LogP contribution in [-0.4, -0.2) is 36.3 Å². The van der Waals surface area contributed by atoms with Gasteiger partial charge in [0.2, 0.25) is 5.91 Å². The third kappa shape index (κ3) is 5.71. The number of hydrogen-bond acceptors (Lipinski definition) is 2. The molecule has 2 rings (SSSR count). The highest BCUT2D eigenvalue weighted by Gasteiger charge is 2.11. The molecular weight excluding hydrogens is 319 g/mol. The molecule has 0 aliphatic carbocycles. The first-order valence-electron chi connectivity index (χ1n) is 8.31. The molecule has 0 saturated heterocycles. The summed E-state index contributed by atoms with van der Waals surface area (Å²) >= 11 is 0. The Balaban J connectivity index is 1.83. The fourth-order valence-electron chi connectivity index (χ4n) is 2.57. The molecule has 0 aliphatic heterocycles. The van der Waals surface area contributed by atoms with Crippen LogP contribution in [0.15, 0.2) is 48.5 Å². The van der Waals surface area contributed by atoms with Crippen LogP contribution in [0.25, 0.3) is 0 Å². The number of aryl methyl sites for hydroxylation is 1. The van der Waals surface area contributed by atoms with E-state index in [4.69, 9.17) is 0 Å². The van der Waals surface area contributed by atoms with E-state index >= 15 is 0 Å². The highest BCUT2D eigenvalue weighted by atomic mass is 19.1. The van der Waals surface area contributed by atoms with E-state index in [0.29, 0.717) is 31.6 Å². The van der Waals surface area contributed by atoms with Crippen molar-refractivity contribution in [1.29, 1.82) is 0 Å². The zero-order valence-corrected chi connectivity index (χ0v) is 14.6. The molecule has 0 aliphatic rings. The highest BCUT2D eigenvalue weighted by molar-refractivity contribution is 5.95. The summed E-state index contributed by atoms with van der Waals surface area (Å²) in [5.74, 6) is -0.460. The summed E-state index contributed by atoms with van der Waals surface area (Å²) in [5.41, 5.74) is 2.53. The van der Waals surface area contributed by atoms with Crippen molar-refractivity contribution in [2.75, 3.05) is 19.6 Å². The molecule has 132 valence electrons. The van der Waals surface area contributed by atoms with Crippen molar-refractivity contribution in [3.05, 3.63) is 71.0 Å². The molecule has 5 heteroatoms. The van der Waals surface area contributed by atoms with Gasteiger partial charge in [0.1, 0.15) is 5.82 Å². The quantitative estimate of drug-likeness (QED) is 0.841. The number of nitrogens with zero attached hydrogens (tertiary/aromatic N) is 1. The number of carbonyl (C=O) groups is 2. The minimum Gasteiger partial charge on any atom is -0.350 e. The van der Waals surface area contributed by atoms with E-state index in [2.05, 4.69) is 5.32 Å². The van der Waals surface area contributed by atoms with Crippen LogP contribution in [0, 0.1) is 12.7 Å². The van der Waals surface area contributed by atoms with Crippen molar-refractivity contribution in [3.63, 3.8) is 0 Å². The molecule has 4 nitrogen and oxygen atoms in total. The van der Waals surface area contributed by atoms with E-state index in [1.54, 1.807) is 23.1 Å². The maximum absolute atomic E-state index is 12.9. The van der Waals surface area contributed by atoms with Gasteiger partial charge in [-0.1, -0.05) is 30.3 Å². The predicted molar refractivity (Wildman–Crippen MR) is 95.9 cm³/mol. The number of halogens is 1. The molecule has 0 saturated carbocycles. The van der Waals surface area contributed by atoms with Crippen LogP contribution < -0.4 is 5.32 Å². The minimum atomic E-state index is -0.272. The smallest absolute Gasteiger partial charge is 0.251 e. The van der Waals surface area contributed by atoms with Gasteiger partial charge in [0.05, 0.1) is 0 Å². The van der Waals surface area contributed by atoms with Crippen LogP contribution in [0.1, 0.15) is 28.4 Å². The summed E-state index contributed by atoms with van der Waals surface area (Å²) in [7, 11) is 0. The highest BCUT2D eigenvalue weighted by Crippen LogP contribution is 2.07. The Hall–Kier alpha value is -2.69. The number of nitrogens with one attached hydrogen (secondary N) is 1. The van der Waals surface area contributed by atoms with Crippen LogP contribution in [0.3, 0.4) is 0 Å². The topological polar surface area (TPSA) is 49.4 Å². The van der Waals surface area contributed by atoms with E-state index in [1.165, 1.54) is 19.1 Å². The summed E-state index contributed by atoms with van der Waals surface area (Å²) in [4.78, 5) is 25.6. The zero-order chi connectivity index (χ0) is 18.2. The molecule has 0 bridgehead atoms. The number of hydrogen-bond donors (Lipinski definition) is 1. The fourth-order valence-corrected chi connectivity index (χ4v) is 2.57. The Morgan fingerprint density at radius 2 is 1.72 bits per heavy atom. The minimum absolute atomic E-state index is 0.0488. The molecule has 0 fully saturated rings. The van der Waals surface area contributed by atoms with Crippen LogP contribution in [0.5, 0.6) is 0 Å². The van der Waals surface area contributed by atoms with Crippen LogP contribution in [0.4, 0.5) is 4.39 Å². The van der Waals surface area contributed by atoms with Crippen LogP contribution >= 0.6 is 0 Å². The monoisotopic (exact) mass is 342 g/mol. The molecule has 0 aromatic heterocycles. The largest absolute Gasteiger partial charge is 0.350 e. The average Bonchev–Trinajstić information content (AvgIpc) is 2.59. The van der Waals surface area contributed by atoms with Crippen LogP contribution in [-0.2, 0) is 11.2 Å². The van der Waals surface area contributed by atoms with Crippen LogP contribution in [0.2, 0.25) is 0 Å². The first-order valence-corrected chi connectivity index (χ1v) is 8.31. The molecule has 25 heavy (non-hydrogen) atoms. The van der Waals surface area contributed by atoms with E-state index in [0.717, 1.165) is 11.1 Å². The number of amides is 2. The molecule has 0 radical (unpaired) electrons. The van der Waals surface area contributed by atoms with E-state index < -0.39 is 0 Å². The molecule has 0 heterocycles. The Labute approximate surface area is 147 Å². The molecule has 1 N–H and O–H groups in total. The van der Waals surface area contributed by atoms with E-state index in [1.807, 2.05) is 25.1 Å². The van der Waals surface area contributed by atoms with Gasteiger partial charge in [0, 0.05) is 32.1 Å². The Morgan fingerprint density at radius 1 is 1.04 bits per heavy atom. The summed E-state index contributed by atoms with van der Waals surface area (Å²) in [6.45, 7) is 4.75. The lowest BCUT2D eigenvalue weighted by Gasteiger charge is -2.21. The summed E-state index contributed by atoms with van der Waals surface area (Å²) in [5, 5.41) is 2.85. The SMILES string of the molecule is CC(=O)N(CCNC(=O)c1ccccc1C)CCc1ccc(F)cc1. The zero-order valence-electron chi connectivity index (χ0n) is 14.6. The van der Waals surface area contributed by atoms with Crippen molar-refractivity contribution >= 4 is 11.8 Å². The van der Waals surface area contributed by atoms with Gasteiger partial charge in [-0.25, -0.2) is 4.39 Å². The second kappa shape index (κ2) is 8.97. The van der Waals surface area contributed by atoms with Gasteiger partial charge in [0.25, 0.3) is 5.91 Å². The predicted octanol–water partition coefficient (Wildman–Crippen LogP) is 2.96. The number of benzene rings is 2. The first kappa shape index (κ1) is 18.6. The van der Waals surface area contributed by atoms with Crippen molar-refractivity contribution in [2.45, 2.75) is 20.3 Å².